The standard InChI is InChI=1S/C20H17N3O5/c1-3-27-19(24)20(16-9-10-17(23(25)26)15(11-16)12-21)13(2)28-18(22-20)14-7-5-4-6-8-14/h4-11,13H,3H2,1-2H3/t13-,20+/m1/s1. The highest BCUT2D eigenvalue weighted by Gasteiger charge is 2.53. The van der Waals surface area contributed by atoms with E-state index in [-0.39, 0.29) is 23.8 Å². The van der Waals surface area contributed by atoms with Gasteiger partial charge in [0, 0.05) is 11.6 Å². The lowest BCUT2D eigenvalue weighted by atomic mass is 9.85. The Labute approximate surface area is 161 Å². The molecule has 0 radical (unpaired) electrons. The molecule has 2 aromatic rings. The molecule has 0 unspecified atom stereocenters. The summed E-state index contributed by atoms with van der Waals surface area (Å²) in [4.78, 5) is 28.0. The first-order valence-electron chi connectivity index (χ1n) is 8.62. The van der Waals surface area contributed by atoms with Gasteiger partial charge in [-0.05, 0) is 43.7 Å². The van der Waals surface area contributed by atoms with Crippen LogP contribution in [0.4, 0.5) is 5.69 Å². The minimum atomic E-state index is -1.57. The Morgan fingerprint density at radius 1 is 1.36 bits per heavy atom. The van der Waals surface area contributed by atoms with Gasteiger partial charge in [-0.25, -0.2) is 9.79 Å². The Morgan fingerprint density at radius 3 is 2.68 bits per heavy atom. The molecule has 0 saturated carbocycles. The van der Waals surface area contributed by atoms with Gasteiger partial charge in [-0.15, -0.1) is 0 Å². The van der Waals surface area contributed by atoms with Gasteiger partial charge in [0.1, 0.15) is 17.7 Å². The molecule has 0 N–H and O–H groups in total. The van der Waals surface area contributed by atoms with Crippen molar-refractivity contribution in [1.82, 2.24) is 0 Å². The summed E-state index contributed by atoms with van der Waals surface area (Å²) in [5.74, 6) is -0.385. The topological polar surface area (TPSA) is 115 Å². The molecule has 142 valence electrons. The number of nitro groups is 1. The fourth-order valence-electron chi connectivity index (χ4n) is 3.14. The molecule has 1 heterocycles. The largest absolute Gasteiger partial charge is 0.471 e. The summed E-state index contributed by atoms with van der Waals surface area (Å²) in [7, 11) is 0. The molecule has 8 heteroatoms. The zero-order chi connectivity index (χ0) is 20.3. The number of carbonyl (C=O) groups excluding carboxylic acids is 1. The minimum Gasteiger partial charge on any atom is -0.471 e. The van der Waals surface area contributed by atoms with Crippen molar-refractivity contribution in [1.29, 1.82) is 5.26 Å². The second-order valence-corrected chi connectivity index (χ2v) is 6.13. The molecule has 0 fully saturated rings. The second-order valence-electron chi connectivity index (χ2n) is 6.13. The van der Waals surface area contributed by atoms with E-state index in [2.05, 4.69) is 4.99 Å². The predicted molar refractivity (Wildman–Crippen MR) is 99.6 cm³/mol. The Hall–Kier alpha value is -3.73. The molecule has 3 rings (SSSR count). The number of nitrogens with zero attached hydrogens (tertiary/aromatic N) is 3. The van der Waals surface area contributed by atoms with Crippen LogP contribution in [0.3, 0.4) is 0 Å². The van der Waals surface area contributed by atoms with Crippen LogP contribution in [0.1, 0.15) is 30.5 Å². The number of hydrogen-bond acceptors (Lipinski definition) is 7. The SMILES string of the molecule is CCOC(=O)[C@]1(c2ccc([N+](=O)[O-])c(C#N)c2)N=C(c2ccccc2)O[C@@H]1C. The molecular weight excluding hydrogens is 362 g/mol. The van der Waals surface area contributed by atoms with Crippen LogP contribution in [0.5, 0.6) is 0 Å². The van der Waals surface area contributed by atoms with E-state index in [4.69, 9.17) is 9.47 Å². The molecule has 1 aliphatic heterocycles. The Balaban J connectivity index is 2.20. The van der Waals surface area contributed by atoms with Gasteiger partial charge in [-0.3, -0.25) is 10.1 Å². The molecular formula is C20H17N3O5. The van der Waals surface area contributed by atoms with E-state index < -0.39 is 22.5 Å². The number of nitro benzene ring substituents is 1. The lowest BCUT2D eigenvalue weighted by Gasteiger charge is -2.27. The number of nitriles is 1. The fourth-order valence-corrected chi connectivity index (χ4v) is 3.14. The molecule has 28 heavy (non-hydrogen) atoms. The number of esters is 1. The van der Waals surface area contributed by atoms with Gasteiger partial charge in [-0.2, -0.15) is 5.26 Å². The molecule has 2 aromatic carbocycles. The Morgan fingerprint density at radius 2 is 2.07 bits per heavy atom. The lowest BCUT2D eigenvalue weighted by Crippen LogP contribution is -2.43. The van der Waals surface area contributed by atoms with E-state index in [1.165, 1.54) is 18.2 Å². The van der Waals surface area contributed by atoms with Crippen molar-refractivity contribution in [3.63, 3.8) is 0 Å². The van der Waals surface area contributed by atoms with Gasteiger partial charge in [0.05, 0.1) is 11.5 Å². The van der Waals surface area contributed by atoms with Crippen LogP contribution in [-0.4, -0.2) is 29.5 Å². The van der Waals surface area contributed by atoms with E-state index in [1.807, 2.05) is 18.2 Å². The van der Waals surface area contributed by atoms with Gasteiger partial charge in [0.25, 0.3) is 5.69 Å². The molecule has 0 amide bonds. The third-order valence-corrected chi connectivity index (χ3v) is 4.52. The van der Waals surface area contributed by atoms with Crippen LogP contribution in [0.2, 0.25) is 0 Å². The highest BCUT2D eigenvalue weighted by Crippen LogP contribution is 2.40. The third kappa shape index (κ3) is 3.07. The zero-order valence-corrected chi connectivity index (χ0v) is 15.3. The van der Waals surface area contributed by atoms with Gasteiger partial charge in [0.2, 0.25) is 11.4 Å². The predicted octanol–water partition coefficient (Wildman–Crippen LogP) is 3.09. The summed E-state index contributed by atoms with van der Waals surface area (Å²) in [5, 5.41) is 20.5. The van der Waals surface area contributed by atoms with Gasteiger partial charge in [-0.1, -0.05) is 18.2 Å². The number of aliphatic imine (C=N–C) groups is 1. The number of carbonyl (C=O) groups is 1. The number of ether oxygens (including phenoxy) is 2. The number of benzene rings is 2. The van der Waals surface area contributed by atoms with Crippen molar-refractivity contribution < 1.29 is 19.2 Å². The molecule has 1 aliphatic rings. The first-order valence-corrected chi connectivity index (χ1v) is 8.62. The second kappa shape index (κ2) is 7.48. The van der Waals surface area contributed by atoms with Crippen molar-refractivity contribution in [3.05, 3.63) is 75.3 Å². The monoisotopic (exact) mass is 379 g/mol. The molecule has 2 atom stereocenters. The molecule has 0 bridgehead atoms. The fraction of sp³-hybridized carbons (Fsp3) is 0.250. The summed E-state index contributed by atoms with van der Waals surface area (Å²) < 4.78 is 11.1. The summed E-state index contributed by atoms with van der Waals surface area (Å²) in [5.41, 5.74) is -1.10. The highest BCUT2D eigenvalue weighted by atomic mass is 16.6. The number of hydrogen-bond donors (Lipinski definition) is 0. The van der Waals surface area contributed by atoms with Crippen LogP contribution in [0.15, 0.2) is 53.5 Å². The van der Waals surface area contributed by atoms with Gasteiger partial charge >= 0.3 is 5.97 Å². The smallest absolute Gasteiger partial charge is 0.342 e. The van der Waals surface area contributed by atoms with E-state index in [0.717, 1.165) is 0 Å². The summed E-state index contributed by atoms with van der Waals surface area (Å²) in [6, 6.07) is 14.8. The maximum Gasteiger partial charge on any atom is 0.342 e. The van der Waals surface area contributed by atoms with Crippen molar-refractivity contribution in [2.24, 2.45) is 4.99 Å². The van der Waals surface area contributed by atoms with Crippen LogP contribution < -0.4 is 0 Å². The average molecular weight is 379 g/mol. The van der Waals surface area contributed by atoms with Crippen LogP contribution in [0, 0.1) is 21.4 Å². The Bertz CT molecular complexity index is 997. The normalized spacial score (nSPS) is 20.6. The minimum absolute atomic E-state index is 0.127. The molecule has 0 aromatic heterocycles. The zero-order valence-electron chi connectivity index (χ0n) is 15.3. The van der Waals surface area contributed by atoms with E-state index >= 15 is 0 Å². The molecule has 0 saturated heterocycles. The molecule has 0 aliphatic carbocycles. The van der Waals surface area contributed by atoms with Gasteiger partial charge in [0.15, 0.2) is 0 Å². The Kier molecular flexibility index (Phi) is 5.09. The van der Waals surface area contributed by atoms with Crippen molar-refractivity contribution in [2.75, 3.05) is 6.61 Å². The maximum absolute atomic E-state index is 12.9. The maximum atomic E-state index is 12.9. The van der Waals surface area contributed by atoms with Crippen LogP contribution >= 0.6 is 0 Å². The van der Waals surface area contributed by atoms with Crippen molar-refractivity contribution >= 4 is 17.6 Å². The number of rotatable bonds is 5. The highest BCUT2D eigenvalue weighted by molar-refractivity contribution is 6.00. The van der Waals surface area contributed by atoms with Crippen molar-refractivity contribution in [2.45, 2.75) is 25.5 Å². The summed E-state index contributed by atoms with van der Waals surface area (Å²) in [6.45, 7) is 3.47. The van der Waals surface area contributed by atoms with E-state index in [1.54, 1.807) is 32.0 Å². The molecule has 0 spiro atoms. The van der Waals surface area contributed by atoms with Gasteiger partial charge < -0.3 is 9.47 Å². The van der Waals surface area contributed by atoms with E-state index in [9.17, 15) is 20.2 Å². The summed E-state index contributed by atoms with van der Waals surface area (Å²) >= 11 is 0. The first kappa shape index (κ1) is 19.0. The lowest BCUT2D eigenvalue weighted by molar-refractivity contribution is -0.385. The van der Waals surface area contributed by atoms with Crippen LogP contribution in [-0.2, 0) is 19.8 Å². The van der Waals surface area contributed by atoms with Crippen LogP contribution in [0.25, 0.3) is 0 Å². The third-order valence-electron chi connectivity index (χ3n) is 4.52. The van der Waals surface area contributed by atoms with Crippen molar-refractivity contribution in [3.8, 4) is 6.07 Å². The molecule has 8 nitrogen and oxygen atoms in total. The first-order chi connectivity index (χ1) is 13.4. The quantitative estimate of drug-likeness (QED) is 0.448. The van der Waals surface area contributed by atoms with E-state index in [0.29, 0.717) is 11.1 Å². The average Bonchev–Trinajstić information content (AvgIpc) is 3.06. The summed E-state index contributed by atoms with van der Waals surface area (Å²) in [6.07, 6.45) is -0.741.